The highest BCUT2D eigenvalue weighted by Crippen LogP contribution is 2.15. The summed E-state index contributed by atoms with van der Waals surface area (Å²) in [6.45, 7) is 8.89. The van der Waals surface area contributed by atoms with Gasteiger partial charge in [-0.1, -0.05) is 38.1 Å². The molecule has 1 aromatic rings. The molecule has 0 radical (unpaired) electrons. The van der Waals surface area contributed by atoms with Gasteiger partial charge in [-0.15, -0.1) is 24.0 Å². The third-order valence-electron chi connectivity index (χ3n) is 4.85. The van der Waals surface area contributed by atoms with Crippen LogP contribution in [-0.2, 0) is 11.2 Å². The second-order valence-electron chi connectivity index (χ2n) is 7.41. The van der Waals surface area contributed by atoms with E-state index in [0.717, 1.165) is 44.9 Å². The first-order valence-corrected chi connectivity index (χ1v) is 9.87. The fourth-order valence-corrected chi connectivity index (χ4v) is 3.19. The van der Waals surface area contributed by atoms with Crippen molar-refractivity contribution in [2.24, 2.45) is 4.99 Å². The average Bonchev–Trinajstić information content (AvgIpc) is 2.62. The molecule has 0 spiro atoms. The van der Waals surface area contributed by atoms with Gasteiger partial charge >= 0.3 is 0 Å². The molecule has 0 aromatic heterocycles. The first-order chi connectivity index (χ1) is 12.5. The number of hydrogen-bond donors (Lipinski definition) is 2. The minimum Gasteiger partial charge on any atom is -0.357 e. The van der Waals surface area contributed by atoms with Crippen molar-refractivity contribution in [2.75, 3.05) is 26.7 Å². The molecule has 2 N–H and O–H groups in total. The standard InChI is InChI=1S/C21H34N4O.HI/c1-5-22-21(24-19-12-13-20(26)25(4)15-19)23-14-6-7-17-8-10-18(11-9-17)16(2)3;/h8-11,16,19H,5-7,12-15H2,1-4H3,(H2,22,23,24);1H. The number of nitrogens with one attached hydrogen (secondary N) is 2. The Hall–Kier alpha value is -1.31. The van der Waals surface area contributed by atoms with Gasteiger partial charge in [0.15, 0.2) is 5.96 Å². The van der Waals surface area contributed by atoms with E-state index in [0.29, 0.717) is 12.3 Å². The third-order valence-corrected chi connectivity index (χ3v) is 4.85. The summed E-state index contributed by atoms with van der Waals surface area (Å²) >= 11 is 0. The summed E-state index contributed by atoms with van der Waals surface area (Å²) < 4.78 is 0. The van der Waals surface area contributed by atoms with Crippen LogP contribution in [0.2, 0.25) is 0 Å². The number of amides is 1. The van der Waals surface area contributed by atoms with Gasteiger partial charge in [0.2, 0.25) is 5.91 Å². The number of aryl methyl sites for hydroxylation is 1. The number of nitrogens with zero attached hydrogens (tertiary/aromatic N) is 2. The Morgan fingerprint density at radius 1 is 1.30 bits per heavy atom. The predicted octanol–water partition coefficient (Wildman–Crippen LogP) is 3.54. The number of guanidine groups is 1. The van der Waals surface area contributed by atoms with Crippen molar-refractivity contribution < 1.29 is 4.79 Å². The molecule has 1 aliphatic heterocycles. The number of aliphatic imine (C=N–C) groups is 1. The fraction of sp³-hybridized carbons (Fsp3) is 0.619. The number of benzene rings is 1. The molecule has 1 aliphatic rings. The molecule has 5 nitrogen and oxygen atoms in total. The van der Waals surface area contributed by atoms with E-state index in [-0.39, 0.29) is 35.9 Å². The monoisotopic (exact) mass is 486 g/mol. The van der Waals surface area contributed by atoms with Gasteiger partial charge in [0, 0.05) is 39.1 Å². The first-order valence-electron chi connectivity index (χ1n) is 9.87. The van der Waals surface area contributed by atoms with Gasteiger partial charge in [0.1, 0.15) is 0 Å². The van der Waals surface area contributed by atoms with Crippen molar-refractivity contribution in [1.82, 2.24) is 15.5 Å². The quantitative estimate of drug-likeness (QED) is 0.268. The Kier molecular flexibility index (Phi) is 10.7. The van der Waals surface area contributed by atoms with E-state index >= 15 is 0 Å². The van der Waals surface area contributed by atoms with Crippen LogP contribution in [0.3, 0.4) is 0 Å². The smallest absolute Gasteiger partial charge is 0.222 e. The van der Waals surface area contributed by atoms with E-state index in [1.807, 2.05) is 7.05 Å². The van der Waals surface area contributed by atoms with Crippen molar-refractivity contribution >= 4 is 35.8 Å². The number of likely N-dealkylation sites (tertiary alicyclic amines) is 1. The van der Waals surface area contributed by atoms with E-state index in [2.05, 4.69) is 55.7 Å². The maximum Gasteiger partial charge on any atom is 0.222 e. The van der Waals surface area contributed by atoms with Crippen LogP contribution in [0.5, 0.6) is 0 Å². The van der Waals surface area contributed by atoms with Crippen LogP contribution in [-0.4, -0.2) is 49.5 Å². The Bertz CT molecular complexity index is 601. The molecule has 152 valence electrons. The first kappa shape index (κ1) is 23.7. The van der Waals surface area contributed by atoms with Gasteiger partial charge in [-0.2, -0.15) is 0 Å². The number of halogens is 1. The minimum absolute atomic E-state index is 0. The van der Waals surface area contributed by atoms with Crippen LogP contribution in [0.1, 0.15) is 57.1 Å². The lowest BCUT2D eigenvalue weighted by Gasteiger charge is -2.31. The lowest BCUT2D eigenvalue weighted by Crippen LogP contribution is -2.51. The number of likely N-dealkylation sites (N-methyl/N-ethyl adjacent to an activating group) is 1. The Balaban J connectivity index is 0.00000364. The number of hydrogen-bond acceptors (Lipinski definition) is 2. The van der Waals surface area contributed by atoms with Crippen molar-refractivity contribution in [1.29, 1.82) is 0 Å². The van der Waals surface area contributed by atoms with Crippen LogP contribution in [0.4, 0.5) is 0 Å². The Morgan fingerprint density at radius 3 is 2.59 bits per heavy atom. The fourth-order valence-electron chi connectivity index (χ4n) is 3.19. The maximum atomic E-state index is 11.6. The molecule has 0 saturated carbocycles. The zero-order valence-electron chi connectivity index (χ0n) is 17.1. The summed E-state index contributed by atoms with van der Waals surface area (Å²) in [4.78, 5) is 18.1. The molecule has 1 unspecified atom stereocenters. The SMILES string of the molecule is CCNC(=NCCCc1ccc(C(C)C)cc1)NC1CCC(=O)N(C)C1.I. The minimum atomic E-state index is 0. The van der Waals surface area contributed by atoms with Gasteiger partial charge < -0.3 is 15.5 Å². The molecule has 2 rings (SSSR count). The van der Waals surface area contributed by atoms with Gasteiger partial charge in [-0.25, -0.2) is 0 Å². The summed E-state index contributed by atoms with van der Waals surface area (Å²) in [5.74, 6) is 1.67. The molecule has 1 heterocycles. The zero-order valence-corrected chi connectivity index (χ0v) is 19.5. The summed E-state index contributed by atoms with van der Waals surface area (Å²) in [6.07, 6.45) is 3.55. The number of piperidine rings is 1. The van der Waals surface area contributed by atoms with Crippen molar-refractivity contribution in [3.05, 3.63) is 35.4 Å². The molecule has 0 aliphatic carbocycles. The second-order valence-corrected chi connectivity index (χ2v) is 7.41. The Labute approximate surface area is 181 Å². The number of carbonyl (C=O) groups is 1. The lowest BCUT2D eigenvalue weighted by atomic mass is 10.0. The highest BCUT2D eigenvalue weighted by molar-refractivity contribution is 14.0. The summed E-state index contributed by atoms with van der Waals surface area (Å²) in [5, 5.41) is 6.78. The van der Waals surface area contributed by atoms with Crippen molar-refractivity contribution in [3.8, 4) is 0 Å². The molecule has 1 atom stereocenters. The van der Waals surface area contributed by atoms with Gasteiger partial charge in [0.25, 0.3) is 0 Å². The molecular formula is C21H35IN4O. The lowest BCUT2D eigenvalue weighted by molar-refractivity contribution is -0.132. The summed E-state index contributed by atoms with van der Waals surface area (Å²) in [6, 6.07) is 9.21. The average molecular weight is 486 g/mol. The molecule has 1 fully saturated rings. The van der Waals surface area contributed by atoms with E-state index in [1.54, 1.807) is 4.90 Å². The highest BCUT2D eigenvalue weighted by atomic mass is 127. The molecule has 1 saturated heterocycles. The van der Waals surface area contributed by atoms with E-state index in [4.69, 9.17) is 4.99 Å². The molecule has 6 heteroatoms. The van der Waals surface area contributed by atoms with Gasteiger partial charge in [-0.3, -0.25) is 9.79 Å². The second kappa shape index (κ2) is 12.2. The van der Waals surface area contributed by atoms with E-state index in [9.17, 15) is 4.79 Å². The van der Waals surface area contributed by atoms with Crippen molar-refractivity contribution in [2.45, 2.75) is 58.4 Å². The normalized spacial score (nSPS) is 17.7. The van der Waals surface area contributed by atoms with Crippen molar-refractivity contribution in [3.63, 3.8) is 0 Å². The highest BCUT2D eigenvalue weighted by Gasteiger charge is 2.23. The van der Waals surface area contributed by atoms with Gasteiger partial charge in [0.05, 0.1) is 0 Å². The van der Waals surface area contributed by atoms with E-state index in [1.165, 1.54) is 11.1 Å². The van der Waals surface area contributed by atoms with Gasteiger partial charge in [-0.05, 0) is 43.2 Å². The van der Waals surface area contributed by atoms with Crippen LogP contribution < -0.4 is 10.6 Å². The zero-order chi connectivity index (χ0) is 18.9. The van der Waals surface area contributed by atoms with Crippen LogP contribution >= 0.6 is 24.0 Å². The van der Waals surface area contributed by atoms with E-state index < -0.39 is 0 Å². The number of rotatable bonds is 7. The van der Waals surface area contributed by atoms with Crippen LogP contribution in [0.25, 0.3) is 0 Å². The Morgan fingerprint density at radius 2 is 2.00 bits per heavy atom. The maximum absolute atomic E-state index is 11.6. The molecule has 1 aromatic carbocycles. The molecule has 1 amide bonds. The summed E-state index contributed by atoms with van der Waals surface area (Å²) in [5.41, 5.74) is 2.76. The third kappa shape index (κ3) is 8.07. The largest absolute Gasteiger partial charge is 0.357 e. The van der Waals surface area contributed by atoms with Crippen LogP contribution in [0, 0.1) is 0 Å². The molecule has 0 bridgehead atoms. The van der Waals surface area contributed by atoms with Crippen LogP contribution in [0.15, 0.2) is 29.3 Å². The topological polar surface area (TPSA) is 56.7 Å². The predicted molar refractivity (Wildman–Crippen MR) is 124 cm³/mol. The summed E-state index contributed by atoms with van der Waals surface area (Å²) in [7, 11) is 1.87. The number of carbonyl (C=O) groups excluding carboxylic acids is 1. The molecular weight excluding hydrogens is 451 g/mol. The molecule has 27 heavy (non-hydrogen) atoms.